The highest BCUT2D eigenvalue weighted by atomic mass is 19.4. The standard InChI is InChI=1S/C49H25F5N2O2/c50-34-14-9-15-35(51)44(34)32-24-39(56-37-17-6-2-11-27(37)29-21-23-43-46(48(29)56)31-13-4-8-19-41(31)58-43)33(49(52,53)54)25-38(32)55-36-16-5-1-10-26(36)28-20-22-42-45(47(28)55)30-12-3-7-18-40(30)57-42/h1-25H. The summed E-state index contributed by atoms with van der Waals surface area (Å²) in [5.74, 6) is -1.84. The molecular weight excluding hydrogens is 744 g/mol. The Morgan fingerprint density at radius 2 is 0.879 bits per heavy atom. The molecule has 0 amide bonds. The first-order chi connectivity index (χ1) is 28.3. The summed E-state index contributed by atoms with van der Waals surface area (Å²) in [5.41, 5.74) is 2.38. The van der Waals surface area contributed by atoms with E-state index in [-0.39, 0.29) is 16.9 Å². The highest BCUT2D eigenvalue weighted by Crippen LogP contribution is 2.48. The Hall–Kier alpha value is -7.39. The zero-order valence-corrected chi connectivity index (χ0v) is 30.0. The molecular formula is C49H25F5N2O2. The summed E-state index contributed by atoms with van der Waals surface area (Å²) < 4.78 is 96.7. The van der Waals surface area contributed by atoms with E-state index in [1.54, 1.807) is 33.4 Å². The molecule has 12 rings (SSSR count). The Kier molecular flexibility index (Phi) is 6.55. The van der Waals surface area contributed by atoms with Crippen LogP contribution in [-0.4, -0.2) is 9.13 Å². The lowest BCUT2D eigenvalue weighted by atomic mass is 9.97. The smallest absolute Gasteiger partial charge is 0.418 e. The zero-order chi connectivity index (χ0) is 39.0. The van der Waals surface area contributed by atoms with Gasteiger partial charge in [-0.1, -0.05) is 78.9 Å². The summed E-state index contributed by atoms with van der Waals surface area (Å²) in [6.45, 7) is 0. The molecule has 58 heavy (non-hydrogen) atoms. The highest BCUT2D eigenvalue weighted by Gasteiger charge is 2.38. The predicted octanol–water partition coefficient (Wildman–Crippen LogP) is 14.6. The van der Waals surface area contributed by atoms with E-state index in [0.717, 1.165) is 39.7 Å². The average Bonchev–Trinajstić information content (AvgIpc) is 3.97. The Labute approximate surface area is 324 Å². The van der Waals surface area contributed by atoms with E-state index in [2.05, 4.69) is 0 Å². The molecule has 0 saturated carbocycles. The lowest BCUT2D eigenvalue weighted by Gasteiger charge is -2.22. The van der Waals surface area contributed by atoms with Gasteiger partial charge in [0.25, 0.3) is 0 Å². The third kappa shape index (κ3) is 4.38. The van der Waals surface area contributed by atoms with E-state index in [1.807, 2.05) is 97.1 Å². The van der Waals surface area contributed by atoms with Crippen LogP contribution in [0.5, 0.6) is 0 Å². The first-order valence-electron chi connectivity index (χ1n) is 18.6. The van der Waals surface area contributed by atoms with E-state index >= 15 is 22.0 Å². The maximum absolute atomic E-state index is 16.3. The quantitative estimate of drug-likeness (QED) is 0.168. The number of nitrogens with zero attached hydrogens (tertiary/aromatic N) is 2. The van der Waals surface area contributed by atoms with Gasteiger partial charge in [-0.3, -0.25) is 0 Å². The van der Waals surface area contributed by atoms with Crippen LogP contribution in [0.25, 0.3) is 110 Å². The maximum Gasteiger partial charge on any atom is 0.418 e. The SMILES string of the molecule is Fc1cccc(F)c1-c1cc(-n2c3ccccc3c3ccc4oc5ccccc5c4c32)c(C(F)(F)F)cc1-n1c2ccccc2c2ccc3oc4ccccc4c3c21. The number of fused-ring (bicyclic) bond motifs is 14. The van der Waals surface area contributed by atoms with E-state index < -0.39 is 28.9 Å². The number of halogens is 5. The largest absolute Gasteiger partial charge is 0.456 e. The molecule has 0 aliphatic rings. The first kappa shape index (κ1) is 32.8. The summed E-state index contributed by atoms with van der Waals surface area (Å²) in [6, 6.07) is 42.6. The first-order valence-corrected chi connectivity index (χ1v) is 18.6. The molecule has 8 aromatic carbocycles. The van der Waals surface area contributed by atoms with Gasteiger partial charge in [0.2, 0.25) is 0 Å². The molecule has 4 nitrogen and oxygen atoms in total. The number of aromatic nitrogens is 2. The second-order valence-corrected chi connectivity index (χ2v) is 14.6. The maximum atomic E-state index is 16.3. The van der Waals surface area contributed by atoms with Crippen molar-refractivity contribution >= 4 is 87.5 Å². The van der Waals surface area contributed by atoms with E-state index in [0.29, 0.717) is 65.9 Å². The van der Waals surface area contributed by atoms with Gasteiger partial charge in [0, 0.05) is 37.9 Å². The molecule has 0 radical (unpaired) electrons. The van der Waals surface area contributed by atoms with Crippen molar-refractivity contribution in [1.29, 1.82) is 0 Å². The van der Waals surface area contributed by atoms with Gasteiger partial charge >= 0.3 is 6.18 Å². The summed E-state index contributed by atoms with van der Waals surface area (Å²) in [4.78, 5) is 0. The van der Waals surface area contributed by atoms with Crippen molar-refractivity contribution in [2.45, 2.75) is 6.18 Å². The third-order valence-electron chi connectivity index (χ3n) is 11.5. The number of rotatable bonds is 3. The molecule has 0 aliphatic heterocycles. The number of alkyl halides is 3. The van der Waals surface area contributed by atoms with Gasteiger partial charge in [-0.25, -0.2) is 8.78 Å². The molecule has 0 aliphatic carbocycles. The van der Waals surface area contributed by atoms with Gasteiger partial charge in [0.05, 0.1) is 55.3 Å². The number of furan rings is 2. The van der Waals surface area contributed by atoms with Gasteiger partial charge < -0.3 is 18.0 Å². The van der Waals surface area contributed by atoms with Gasteiger partial charge in [-0.05, 0) is 72.8 Å². The van der Waals surface area contributed by atoms with Crippen LogP contribution in [0.15, 0.2) is 160 Å². The fraction of sp³-hybridized carbons (Fsp3) is 0.0204. The van der Waals surface area contributed by atoms with Crippen molar-refractivity contribution in [1.82, 2.24) is 9.13 Å². The van der Waals surface area contributed by atoms with Crippen LogP contribution >= 0.6 is 0 Å². The van der Waals surface area contributed by atoms with Gasteiger partial charge in [0.15, 0.2) is 0 Å². The molecule has 4 aromatic heterocycles. The highest BCUT2D eigenvalue weighted by molar-refractivity contribution is 6.26. The molecule has 0 fully saturated rings. The van der Waals surface area contributed by atoms with Crippen molar-refractivity contribution in [3.8, 4) is 22.5 Å². The van der Waals surface area contributed by atoms with Crippen LogP contribution in [0.4, 0.5) is 22.0 Å². The van der Waals surface area contributed by atoms with Crippen molar-refractivity contribution in [2.75, 3.05) is 0 Å². The Morgan fingerprint density at radius 1 is 0.414 bits per heavy atom. The van der Waals surface area contributed by atoms with Crippen LogP contribution < -0.4 is 0 Å². The lowest BCUT2D eigenvalue weighted by molar-refractivity contribution is -0.137. The molecule has 4 heterocycles. The van der Waals surface area contributed by atoms with E-state index in [9.17, 15) is 0 Å². The van der Waals surface area contributed by atoms with Crippen molar-refractivity contribution < 1.29 is 30.8 Å². The minimum Gasteiger partial charge on any atom is -0.456 e. The fourth-order valence-electron chi connectivity index (χ4n) is 9.16. The minimum atomic E-state index is -4.93. The lowest BCUT2D eigenvalue weighted by Crippen LogP contribution is -2.14. The summed E-state index contributed by atoms with van der Waals surface area (Å²) >= 11 is 0. The second kappa shape index (κ2) is 11.6. The Balaban J connectivity index is 1.32. The van der Waals surface area contributed by atoms with E-state index in [4.69, 9.17) is 8.83 Å². The fourth-order valence-corrected chi connectivity index (χ4v) is 9.16. The van der Waals surface area contributed by atoms with Gasteiger partial charge in [-0.15, -0.1) is 0 Å². The topological polar surface area (TPSA) is 36.1 Å². The van der Waals surface area contributed by atoms with Crippen LogP contribution in [-0.2, 0) is 6.18 Å². The molecule has 0 saturated heterocycles. The minimum absolute atomic E-state index is 0.0521. The predicted molar refractivity (Wildman–Crippen MR) is 220 cm³/mol. The number of para-hydroxylation sites is 4. The molecule has 0 bridgehead atoms. The molecule has 278 valence electrons. The third-order valence-corrected chi connectivity index (χ3v) is 11.5. The molecule has 0 unspecified atom stereocenters. The Morgan fingerprint density at radius 3 is 1.40 bits per heavy atom. The monoisotopic (exact) mass is 768 g/mol. The van der Waals surface area contributed by atoms with Crippen LogP contribution in [0.1, 0.15) is 5.56 Å². The summed E-state index contributed by atoms with van der Waals surface area (Å²) in [6.07, 6.45) is -4.93. The molecule has 0 spiro atoms. The number of hydrogen-bond donors (Lipinski definition) is 0. The van der Waals surface area contributed by atoms with E-state index in [1.165, 1.54) is 12.1 Å². The Bertz CT molecular complexity index is 3690. The molecule has 9 heteroatoms. The summed E-state index contributed by atoms with van der Waals surface area (Å²) in [5, 5.41) is 5.65. The van der Waals surface area contributed by atoms with Crippen LogP contribution in [0.3, 0.4) is 0 Å². The number of hydrogen-bond acceptors (Lipinski definition) is 2. The van der Waals surface area contributed by atoms with Gasteiger partial charge in [-0.2, -0.15) is 13.2 Å². The van der Waals surface area contributed by atoms with Crippen molar-refractivity contribution in [3.05, 3.63) is 169 Å². The van der Waals surface area contributed by atoms with Crippen molar-refractivity contribution in [3.63, 3.8) is 0 Å². The molecule has 0 atom stereocenters. The normalized spacial score (nSPS) is 12.6. The van der Waals surface area contributed by atoms with Crippen molar-refractivity contribution in [2.24, 2.45) is 0 Å². The average molecular weight is 769 g/mol. The van der Waals surface area contributed by atoms with Crippen LogP contribution in [0, 0.1) is 11.6 Å². The second-order valence-electron chi connectivity index (χ2n) is 14.6. The zero-order valence-electron chi connectivity index (χ0n) is 30.0. The molecule has 12 aromatic rings. The number of benzene rings is 8. The molecule has 0 N–H and O–H groups in total. The van der Waals surface area contributed by atoms with Crippen LogP contribution in [0.2, 0.25) is 0 Å². The van der Waals surface area contributed by atoms with Gasteiger partial charge in [0.1, 0.15) is 34.0 Å². The summed E-state index contributed by atoms with van der Waals surface area (Å²) in [7, 11) is 0.